The van der Waals surface area contributed by atoms with Crippen LogP contribution in [0.4, 0.5) is 11.4 Å². The molecule has 1 aliphatic rings. The summed E-state index contributed by atoms with van der Waals surface area (Å²) in [6, 6.07) is 21.9. The largest absolute Gasteiger partial charge is 0.493 e. The minimum absolute atomic E-state index is 0.00675. The average Bonchev–Trinajstić information content (AvgIpc) is 3.31. The van der Waals surface area contributed by atoms with Gasteiger partial charge in [0.05, 0.1) is 31.3 Å². The van der Waals surface area contributed by atoms with E-state index in [1.165, 1.54) is 11.8 Å². The fraction of sp³-hybridized carbons (Fsp3) is 0.222. The van der Waals surface area contributed by atoms with Crippen LogP contribution in [-0.2, 0) is 17.8 Å². The van der Waals surface area contributed by atoms with Gasteiger partial charge in [-0.15, -0.1) is 10.2 Å². The number of para-hydroxylation sites is 2. The first kappa shape index (κ1) is 24.3. The summed E-state index contributed by atoms with van der Waals surface area (Å²) in [7, 11) is 3.25. The van der Waals surface area contributed by atoms with Crippen molar-refractivity contribution in [2.24, 2.45) is 0 Å². The third-order valence-corrected chi connectivity index (χ3v) is 8.01. The Morgan fingerprint density at radius 3 is 2.22 bits per heavy atom. The molecule has 0 spiro atoms. The average molecular weight is 519 g/mol. The molecule has 0 saturated carbocycles. The number of amides is 1. The molecule has 36 heavy (non-hydrogen) atoms. The number of carbonyl (C=O) groups excluding carboxylic acids is 1. The van der Waals surface area contributed by atoms with Gasteiger partial charge in [-0.05, 0) is 48.9 Å². The molecule has 0 unspecified atom stereocenters. The van der Waals surface area contributed by atoms with Gasteiger partial charge in [0.25, 0.3) is 0 Å². The van der Waals surface area contributed by atoms with E-state index in [4.69, 9.17) is 9.47 Å². The summed E-state index contributed by atoms with van der Waals surface area (Å²) < 4.78 is 12.8. The molecule has 1 amide bonds. The Labute approximate surface area is 218 Å². The first-order chi connectivity index (χ1) is 17.6. The highest BCUT2D eigenvalue weighted by Gasteiger charge is 2.28. The Morgan fingerprint density at radius 2 is 1.58 bits per heavy atom. The van der Waals surface area contributed by atoms with Gasteiger partial charge in [-0.25, -0.2) is 0 Å². The number of methoxy groups -OCH3 is 2. The van der Waals surface area contributed by atoms with Crippen LogP contribution in [0.15, 0.2) is 81.7 Å². The topological polar surface area (TPSA) is 69.5 Å². The van der Waals surface area contributed by atoms with Crippen molar-refractivity contribution in [3.05, 3.63) is 78.1 Å². The number of anilines is 2. The number of aromatic nitrogens is 3. The van der Waals surface area contributed by atoms with Crippen LogP contribution >= 0.6 is 23.5 Å². The zero-order chi connectivity index (χ0) is 25.1. The molecule has 9 heteroatoms. The van der Waals surface area contributed by atoms with Crippen LogP contribution in [0.2, 0.25) is 0 Å². The van der Waals surface area contributed by atoms with Gasteiger partial charge in [-0.2, -0.15) is 0 Å². The molecule has 1 aliphatic heterocycles. The van der Waals surface area contributed by atoms with Gasteiger partial charge in [-0.3, -0.25) is 9.69 Å². The van der Waals surface area contributed by atoms with Crippen LogP contribution in [0.25, 0.3) is 0 Å². The highest BCUT2D eigenvalue weighted by Crippen LogP contribution is 2.48. The van der Waals surface area contributed by atoms with Crippen molar-refractivity contribution in [2.75, 3.05) is 24.9 Å². The van der Waals surface area contributed by atoms with E-state index >= 15 is 0 Å². The maximum absolute atomic E-state index is 13.5. The second-order valence-electron chi connectivity index (χ2n) is 8.06. The molecule has 0 aliphatic carbocycles. The number of thioether (sulfide) groups is 1. The lowest BCUT2D eigenvalue weighted by atomic mass is 10.1. The molecule has 184 valence electrons. The smallest absolute Gasteiger partial charge is 0.242 e. The molecule has 0 saturated heterocycles. The number of hydrogen-bond acceptors (Lipinski definition) is 7. The van der Waals surface area contributed by atoms with E-state index in [-0.39, 0.29) is 11.7 Å². The van der Waals surface area contributed by atoms with Crippen molar-refractivity contribution >= 4 is 40.8 Å². The molecule has 0 bridgehead atoms. The molecule has 4 aromatic rings. The lowest BCUT2D eigenvalue weighted by Crippen LogP contribution is -2.30. The summed E-state index contributed by atoms with van der Waals surface area (Å²) in [5.74, 6) is 2.46. The van der Waals surface area contributed by atoms with Crippen LogP contribution in [-0.4, -0.2) is 40.6 Å². The van der Waals surface area contributed by atoms with Crippen LogP contribution in [0.3, 0.4) is 0 Å². The van der Waals surface area contributed by atoms with Gasteiger partial charge >= 0.3 is 0 Å². The summed E-state index contributed by atoms with van der Waals surface area (Å²) in [6.45, 7) is 2.76. The summed E-state index contributed by atoms with van der Waals surface area (Å²) in [6.07, 6.45) is 0.597. The Bertz CT molecular complexity index is 1360. The van der Waals surface area contributed by atoms with Crippen LogP contribution in [0.1, 0.15) is 18.3 Å². The monoisotopic (exact) mass is 518 g/mol. The fourth-order valence-electron chi connectivity index (χ4n) is 4.21. The zero-order valence-electron chi connectivity index (χ0n) is 20.3. The molecule has 0 atom stereocenters. The van der Waals surface area contributed by atoms with E-state index in [9.17, 15) is 4.79 Å². The van der Waals surface area contributed by atoms with Gasteiger partial charge < -0.3 is 14.0 Å². The van der Waals surface area contributed by atoms with Crippen molar-refractivity contribution in [3.63, 3.8) is 0 Å². The highest BCUT2D eigenvalue weighted by atomic mass is 32.2. The van der Waals surface area contributed by atoms with E-state index in [0.29, 0.717) is 24.5 Å². The maximum atomic E-state index is 13.5. The Kier molecular flexibility index (Phi) is 7.20. The van der Waals surface area contributed by atoms with E-state index < -0.39 is 0 Å². The lowest BCUT2D eigenvalue weighted by Gasteiger charge is -2.30. The van der Waals surface area contributed by atoms with Gasteiger partial charge in [0, 0.05) is 22.8 Å². The van der Waals surface area contributed by atoms with Gasteiger partial charge in [0.15, 0.2) is 16.7 Å². The maximum Gasteiger partial charge on any atom is 0.242 e. The second-order valence-corrected chi connectivity index (χ2v) is 10.1. The van der Waals surface area contributed by atoms with Gasteiger partial charge in [0.1, 0.15) is 5.82 Å². The zero-order valence-corrected chi connectivity index (χ0v) is 21.9. The SMILES string of the molecule is CCn1c(Cc2ccc(OC)c(OC)c2)nnc1SCC(=O)N1c2ccccc2Sc2ccccc21. The molecule has 0 radical (unpaired) electrons. The van der Waals surface area contributed by atoms with Crippen molar-refractivity contribution in [1.82, 2.24) is 14.8 Å². The second kappa shape index (κ2) is 10.7. The Hall–Kier alpha value is -3.43. The first-order valence-electron chi connectivity index (χ1n) is 11.6. The third kappa shape index (κ3) is 4.68. The van der Waals surface area contributed by atoms with Crippen molar-refractivity contribution in [1.29, 1.82) is 0 Å². The lowest BCUT2D eigenvalue weighted by molar-refractivity contribution is -0.115. The van der Waals surface area contributed by atoms with Crippen LogP contribution < -0.4 is 14.4 Å². The first-order valence-corrected chi connectivity index (χ1v) is 13.4. The minimum atomic E-state index is 0.00675. The number of benzene rings is 3. The van der Waals surface area contributed by atoms with Crippen molar-refractivity contribution < 1.29 is 14.3 Å². The van der Waals surface area contributed by atoms with Crippen molar-refractivity contribution in [2.45, 2.75) is 34.8 Å². The molecule has 2 heterocycles. The Balaban J connectivity index is 1.35. The predicted molar refractivity (Wildman–Crippen MR) is 143 cm³/mol. The van der Waals surface area contributed by atoms with Crippen molar-refractivity contribution in [3.8, 4) is 11.5 Å². The normalized spacial score (nSPS) is 12.1. The minimum Gasteiger partial charge on any atom is -0.493 e. The van der Waals surface area contributed by atoms with E-state index in [1.54, 1.807) is 26.0 Å². The summed E-state index contributed by atoms with van der Waals surface area (Å²) in [5.41, 5.74) is 2.87. The molecule has 0 fully saturated rings. The molecule has 5 rings (SSSR count). The molecule has 3 aromatic carbocycles. The fourth-order valence-corrected chi connectivity index (χ4v) is 6.14. The number of hydrogen-bond donors (Lipinski definition) is 0. The number of ether oxygens (including phenoxy) is 2. The van der Waals surface area contributed by atoms with E-state index in [0.717, 1.165) is 37.7 Å². The highest BCUT2D eigenvalue weighted by molar-refractivity contribution is 8.00. The summed E-state index contributed by atoms with van der Waals surface area (Å²) >= 11 is 3.10. The molecule has 0 N–H and O–H groups in total. The summed E-state index contributed by atoms with van der Waals surface area (Å²) in [4.78, 5) is 17.5. The van der Waals surface area contributed by atoms with Gasteiger partial charge in [-0.1, -0.05) is 53.9 Å². The predicted octanol–water partition coefficient (Wildman–Crippen LogP) is 5.83. The number of nitrogens with zero attached hydrogens (tertiary/aromatic N) is 4. The van der Waals surface area contributed by atoms with Crippen LogP contribution in [0, 0.1) is 0 Å². The third-order valence-electron chi connectivity index (χ3n) is 5.93. The molecular weight excluding hydrogens is 492 g/mol. The molecular formula is C27H26N4O3S2. The van der Waals surface area contributed by atoms with Crippen LogP contribution in [0.5, 0.6) is 11.5 Å². The van der Waals surface area contributed by atoms with E-state index in [2.05, 4.69) is 33.8 Å². The molecule has 1 aromatic heterocycles. The van der Waals surface area contributed by atoms with E-state index in [1.807, 2.05) is 59.5 Å². The Morgan fingerprint density at radius 1 is 0.917 bits per heavy atom. The number of carbonyl (C=O) groups is 1. The standard InChI is InChI=1S/C27H26N4O3S2/c1-4-30-25(16-18-13-14-21(33-2)22(15-18)34-3)28-29-27(30)35-17-26(32)31-19-9-5-7-11-23(19)36-24-12-8-6-10-20(24)31/h5-15H,4,16-17H2,1-3H3. The summed E-state index contributed by atoms with van der Waals surface area (Å²) in [5, 5.41) is 9.58. The number of rotatable bonds is 8. The molecule has 7 nitrogen and oxygen atoms in total. The quantitative estimate of drug-likeness (QED) is 0.272. The number of fused-ring (bicyclic) bond motifs is 2. The van der Waals surface area contributed by atoms with Gasteiger partial charge in [0.2, 0.25) is 5.91 Å².